The Kier molecular flexibility index (Phi) is 56.8. The van der Waals surface area contributed by atoms with Crippen LogP contribution in [0.1, 0.15) is 0 Å². The van der Waals surface area contributed by atoms with Crippen LogP contribution in [-0.4, -0.2) is 159 Å². The second-order valence-electron chi connectivity index (χ2n) is 7.74. The zero-order valence-corrected chi connectivity index (χ0v) is 26.6. The topological polar surface area (TPSA) is 295 Å². The van der Waals surface area contributed by atoms with Crippen molar-refractivity contribution in [2.24, 2.45) is 35.4 Å². The summed E-state index contributed by atoms with van der Waals surface area (Å²) >= 11 is 0. The molecule has 0 radical (unpaired) electrons. The van der Waals surface area contributed by atoms with Gasteiger partial charge in [0.05, 0.1) is 159 Å². The number of rotatable bonds is 36. The zero-order chi connectivity index (χ0) is 33.6. The van der Waals surface area contributed by atoms with Crippen LogP contribution in [0.15, 0.2) is 0 Å². The van der Waals surface area contributed by atoms with Gasteiger partial charge in [-0.3, -0.25) is 0 Å². The van der Waals surface area contributed by atoms with E-state index >= 15 is 0 Å². The first kappa shape index (κ1) is 48.6. The van der Waals surface area contributed by atoms with E-state index in [0.717, 1.165) is 0 Å². The van der Waals surface area contributed by atoms with E-state index in [2.05, 4.69) is 29.0 Å². The molecule has 0 unspecified atom stereocenters. The van der Waals surface area contributed by atoms with E-state index < -0.39 is 0 Å². The quantitative estimate of drug-likeness (QED) is 0.0277. The molecule has 0 aliphatic carbocycles. The minimum absolute atomic E-state index is 0.384. The van der Waals surface area contributed by atoms with E-state index in [-0.39, 0.29) is 0 Å². The highest BCUT2D eigenvalue weighted by molar-refractivity contribution is 4.37. The third-order valence-corrected chi connectivity index (χ3v) is 4.31. The Morgan fingerprint density at radius 3 is 0.333 bits per heavy atom. The van der Waals surface area contributed by atoms with Gasteiger partial charge in [-0.2, -0.15) is 0 Å². The maximum absolute atomic E-state index is 5.32. The Morgan fingerprint density at radius 1 is 0.156 bits per heavy atom. The lowest BCUT2D eigenvalue weighted by atomic mass is 10.7. The summed E-state index contributed by atoms with van der Waals surface area (Å²) in [6, 6.07) is 0. The molecule has 21 heteroatoms. The van der Waals surface area contributed by atoms with Crippen molar-refractivity contribution in [1.82, 2.24) is 0 Å². The standard InChI is InChI=1S/C12H28N2O7.C8H20N2O5.C4H12N2O3/c13-20-11-9-18-7-5-16-3-1-15-2-4-17-6-8-19-10-12-21-14;9-14-7-5-12-3-1-11-2-4-13-6-8-15-10;5-8-3-1-7-2-4-9-6/h1-14H2;1-10H2;1-6H2. The molecule has 0 aliphatic rings. The van der Waals surface area contributed by atoms with Gasteiger partial charge in [-0.1, -0.05) is 0 Å². The maximum atomic E-state index is 5.32. The van der Waals surface area contributed by atoms with Crippen LogP contribution >= 0.6 is 0 Å². The van der Waals surface area contributed by atoms with Gasteiger partial charge in [0.15, 0.2) is 0 Å². The first-order valence-corrected chi connectivity index (χ1v) is 14.3. The molecule has 0 atom stereocenters. The molecule has 0 aliphatic heterocycles. The molecule has 0 saturated heterocycles. The molecular weight excluding hydrogens is 612 g/mol. The van der Waals surface area contributed by atoms with Crippen molar-refractivity contribution in [1.29, 1.82) is 0 Å². The molecule has 0 aromatic carbocycles. The summed E-state index contributed by atoms with van der Waals surface area (Å²) in [6.45, 7) is 11.5. The third kappa shape index (κ3) is 59.1. The second kappa shape index (κ2) is 52.7. The van der Waals surface area contributed by atoms with E-state index in [1.165, 1.54) is 0 Å². The smallest absolute Gasteiger partial charge is 0.0913 e. The molecule has 45 heavy (non-hydrogen) atoms. The van der Waals surface area contributed by atoms with Gasteiger partial charge in [0, 0.05) is 0 Å². The van der Waals surface area contributed by atoms with Crippen molar-refractivity contribution in [2.75, 3.05) is 159 Å². The van der Waals surface area contributed by atoms with Crippen molar-refractivity contribution < 1.29 is 71.7 Å². The Balaban J connectivity index is -0.000000639. The summed E-state index contributed by atoms with van der Waals surface area (Å²) in [5, 5.41) is 0. The molecule has 276 valence electrons. The molecule has 0 saturated carbocycles. The second-order valence-corrected chi connectivity index (χ2v) is 7.74. The van der Waals surface area contributed by atoms with Crippen molar-refractivity contribution in [3.8, 4) is 0 Å². The van der Waals surface area contributed by atoms with Gasteiger partial charge in [0.2, 0.25) is 0 Å². The summed E-state index contributed by atoms with van der Waals surface area (Å²) in [5.41, 5.74) is 0. The van der Waals surface area contributed by atoms with Crippen LogP contribution in [0.5, 0.6) is 0 Å². The van der Waals surface area contributed by atoms with Crippen LogP contribution < -0.4 is 35.4 Å². The lowest BCUT2D eigenvalue weighted by molar-refractivity contribution is -0.0206. The lowest BCUT2D eigenvalue weighted by Crippen LogP contribution is -2.15. The maximum Gasteiger partial charge on any atom is 0.0913 e. The third-order valence-electron chi connectivity index (χ3n) is 4.31. The van der Waals surface area contributed by atoms with Gasteiger partial charge in [0.1, 0.15) is 0 Å². The number of hydrogen-bond donors (Lipinski definition) is 6. The molecule has 0 aromatic rings. The van der Waals surface area contributed by atoms with Crippen molar-refractivity contribution in [3.05, 3.63) is 0 Å². The van der Waals surface area contributed by atoms with Crippen LogP contribution in [0.25, 0.3) is 0 Å². The summed E-state index contributed by atoms with van der Waals surface area (Å²) in [6.07, 6.45) is 0. The predicted octanol–water partition coefficient (Wildman–Crippen LogP) is -3.55. The molecule has 0 heterocycles. The normalized spacial score (nSPS) is 10.8. The predicted molar refractivity (Wildman–Crippen MR) is 158 cm³/mol. The van der Waals surface area contributed by atoms with E-state index in [1.54, 1.807) is 0 Å². The number of ether oxygens (including phenoxy) is 9. The Morgan fingerprint density at radius 2 is 0.244 bits per heavy atom. The fraction of sp³-hybridized carbons (Fsp3) is 1.00. The summed E-state index contributed by atoms with van der Waals surface area (Å²) in [7, 11) is 0. The highest BCUT2D eigenvalue weighted by atomic mass is 16.7. The van der Waals surface area contributed by atoms with E-state index in [9.17, 15) is 0 Å². The van der Waals surface area contributed by atoms with Gasteiger partial charge in [0.25, 0.3) is 0 Å². The van der Waals surface area contributed by atoms with Crippen LogP contribution in [0, 0.1) is 0 Å². The molecule has 0 spiro atoms. The zero-order valence-electron chi connectivity index (χ0n) is 26.6. The molecule has 0 amide bonds. The highest BCUT2D eigenvalue weighted by Gasteiger charge is 1.94. The molecule has 0 fully saturated rings. The van der Waals surface area contributed by atoms with Gasteiger partial charge in [-0.05, 0) is 0 Å². The minimum atomic E-state index is 0.384. The first-order valence-electron chi connectivity index (χ1n) is 14.3. The monoisotopic (exact) mass is 672 g/mol. The molecule has 12 N–H and O–H groups in total. The summed E-state index contributed by atoms with van der Waals surface area (Å²) < 4.78 is 46.6. The minimum Gasteiger partial charge on any atom is -0.377 e. The summed E-state index contributed by atoms with van der Waals surface area (Å²) in [4.78, 5) is 25.8. The van der Waals surface area contributed by atoms with E-state index in [1.807, 2.05) is 0 Å². The Hall–Kier alpha value is -0.840. The van der Waals surface area contributed by atoms with Crippen LogP contribution in [0.3, 0.4) is 0 Å². The fourth-order valence-electron chi connectivity index (χ4n) is 2.27. The van der Waals surface area contributed by atoms with E-state index in [4.69, 9.17) is 78.0 Å². The Labute approximate surface area is 266 Å². The van der Waals surface area contributed by atoms with E-state index in [0.29, 0.717) is 159 Å². The summed E-state index contributed by atoms with van der Waals surface area (Å²) in [5.74, 6) is 28.7. The SMILES string of the molecule is NOCCOCCOCCOCCOCCOCCON.NOCCOCCOCCOCCON.NOCCOCCON. The highest BCUT2D eigenvalue weighted by Crippen LogP contribution is 1.84. The first-order chi connectivity index (χ1) is 22.2. The number of hydrogen-bond acceptors (Lipinski definition) is 21. The average molecular weight is 673 g/mol. The van der Waals surface area contributed by atoms with Gasteiger partial charge >= 0.3 is 0 Å². The van der Waals surface area contributed by atoms with Crippen LogP contribution in [0.4, 0.5) is 0 Å². The van der Waals surface area contributed by atoms with Gasteiger partial charge in [-0.25, -0.2) is 35.4 Å². The lowest BCUT2D eigenvalue weighted by Gasteiger charge is -2.07. The molecular formula is C24H60N6O15. The molecule has 0 bridgehead atoms. The average Bonchev–Trinajstić information content (AvgIpc) is 3.06. The molecule has 21 nitrogen and oxygen atoms in total. The largest absolute Gasteiger partial charge is 0.377 e. The van der Waals surface area contributed by atoms with Crippen LogP contribution in [0.2, 0.25) is 0 Å². The van der Waals surface area contributed by atoms with Gasteiger partial charge in [-0.15, -0.1) is 0 Å². The Bertz CT molecular complexity index is 439. The van der Waals surface area contributed by atoms with Crippen molar-refractivity contribution in [3.63, 3.8) is 0 Å². The molecule has 0 aromatic heterocycles. The van der Waals surface area contributed by atoms with Crippen LogP contribution in [-0.2, 0) is 71.7 Å². The number of nitrogens with two attached hydrogens (primary N) is 6. The molecule has 0 rings (SSSR count). The fourth-order valence-corrected chi connectivity index (χ4v) is 2.27. The van der Waals surface area contributed by atoms with Crippen molar-refractivity contribution >= 4 is 0 Å². The van der Waals surface area contributed by atoms with Crippen molar-refractivity contribution in [2.45, 2.75) is 0 Å². The van der Waals surface area contributed by atoms with Gasteiger partial charge < -0.3 is 71.7 Å².